The van der Waals surface area contributed by atoms with E-state index in [1.54, 1.807) is 0 Å². The standard InChI is InChI=1S/C16H14F2N2O/c17-11-8-12(18)14(9-13(11)19)20-15(21)16(6-7-16)10-4-2-1-3-5-10/h1-5,8-9H,6-7,19H2,(H,20,21). The van der Waals surface area contributed by atoms with Crippen LogP contribution in [0, 0.1) is 11.6 Å². The molecule has 1 saturated carbocycles. The fourth-order valence-electron chi connectivity index (χ4n) is 2.43. The normalized spacial score (nSPS) is 15.5. The summed E-state index contributed by atoms with van der Waals surface area (Å²) in [6.07, 6.45) is 1.42. The van der Waals surface area contributed by atoms with Crippen LogP contribution in [0.1, 0.15) is 18.4 Å². The Labute approximate surface area is 120 Å². The predicted octanol–water partition coefficient (Wildman–Crippen LogP) is 3.22. The van der Waals surface area contributed by atoms with Gasteiger partial charge in [-0.15, -0.1) is 0 Å². The number of nitrogens with one attached hydrogen (secondary N) is 1. The van der Waals surface area contributed by atoms with Crippen molar-refractivity contribution < 1.29 is 13.6 Å². The second-order valence-corrected chi connectivity index (χ2v) is 5.26. The number of hydrogen-bond donors (Lipinski definition) is 2. The van der Waals surface area contributed by atoms with Crippen molar-refractivity contribution in [3.63, 3.8) is 0 Å². The highest BCUT2D eigenvalue weighted by molar-refractivity contribution is 6.01. The Morgan fingerprint density at radius 1 is 1.10 bits per heavy atom. The van der Waals surface area contributed by atoms with E-state index in [2.05, 4.69) is 5.32 Å². The van der Waals surface area contributed by atoms with Crippen LogP contribution in [-0.4, -0.2) is 5.91 Å². The summed E-state index contributed by atoms with van der Waals surface area (Å²) in [6.45, 7) is 0. The van der Waals surface area contributed by atoms with Crippen LogP contribution >= 0.6 is 0 Å². The molecule has 21 heavy (non-hydrogen) atoms. The molecule has 5 heteroatoms. The zero-order valence-electron chi connectivity index (χ0n) is 11.2. The number of hydrogen-bond acceptors (Lipinski definition) is 2. The molecule has 0 aliphatic heterocycles. The lowest BCUT2D eigenvalue weighted by molar-refractivity contribution is -0.118. The number of nitrogen functional groups attached to an aromatic ring is 1. The number of halogens is 2. The van der Waals surface area contributed by atoms with E-state index in [1.165, 1.54) is 0 Å². The maximum absolute atomic E-state index is 13.7. The largest absolute Gasteiger partial charge is 0.396 e. The fourth-order valence-corrected chi connectivity index (χ4v) is 2.43. The van der Waals surface area contributed by atoms with Crippen molar-refractivity contribution >= 4 is 17.3 Å². The van der Waals surface area contributed by atoms with Gasteiger partial charge in [-0.25, -0.2) is 8.78 Å². The zero-order valence-corrected chi connectivity index (χ0v) is 11.2. The van der Waals surface area contributed by atoms with Gasteiger partial charge in [0.05, 0.1) is 16.8 Å². The summed E-state index contributed by atoms with van der Waals surface area (Å²) in [5, 5.41) is 2.52. The lowest BCUT2D eigenvalue weighted by Gasteiger charge is -2.16. The topological polar surface area (TPSA) is 55.1 Å². The van der Waals surface area contributed by atoms with Gasteiger partial charge in [-0.05, 0) is 24.5 Å². The molecule has 2 aromatic carbocycles. The van der Waals surface area contributed by atoms with E-state index in [0.717, 1.165) is 11.6 Å². The van der Waals surface area contributed by atoms with Gasteiger partial charge in [0, 0.05) is 6.07 Å². The number of nitrogens with two attached hydrogens (primary N) is 1. The molecule has 3 rings (SSSR count). The van der Waals surface area contributed by atoms with Crippen molar-refractivity contribution in [2.45, 2.75) is 18.3 Å². The lowest BCUT2D eigenvalue weighted by Crippen LogP contribution is -2.28. The Morgan fingerprint density at radius 3 is 2.38 bits per heavy atom. The first-order chi connectivity index (χ1) is 10.0. The quantitative estimate of drug-likeness (QED) is 0.852. The molecule has 0 saturated heterocycles. The summed E-state index contributed by atoms with van der Waals surface area (Å²) in [7, 11) is 0. The van der Waals surface area contributed by atoms with Gasteiger partial charge in [0.15, 0.2) is 0 Å². The van der Waals surface area contributed by atoms with Gasteiger partial charge in [-0.2, -0.15) is 0 Å². The zero-order chi connectivity index (χ0) is 15.0. The average Bonchev–Trinajstić information content (AvgIpc) is 3.27. The van der Waals surface area contributed by atoms with Crippen LogP contribution in [0.4, 0.5) is 20.2 Å². The molecule has 0 aromatic heterocycles. The summed E-state index contributed by atoms with van der Waals surface area (Å²) in [5.74, 6) is -1.97. The smallest absolute Gasteiger partial charge is 0.235 e. The summed E-state index contributed by atoms with van der Waals surface area (Å²) < 4.78 is 26.8. The highest BCUT2D eigenvalue weighted by Gasteiger charge is 2.51. The van der Waals surface area contributed by atoms with Gasteiger partial charge in [0.1, 0.15) is 11.6 Å². The minimum absolute atomic E-state index is 0.0962. The number of carbonyl (C=O) groups excluding carboxylic acids is 1. The van der Waals surface area contributed by atoms with Gasteiger partial charge in [-0.3, -0.25) is 4.79 Å². The molecule has 108 valence electrons. The van der Waals surface area contributed by atoms with Gasteiger partial charge in [0.25, 0.3) is 0 Å². The Hall–Kier alpha value is -2.43. The summed E-state index contributed by atoms with van der Waals surface area (Å²) >= 11 is 0. The van der Waals surface area contributed by atoms with Crippen LogP contribution in [0.15, 0.2) is 42.5 Å². The maximum Gasteiger partial charge on any atom is 0.235 e. The molecule has 0 unspecified atom stereocenters. The molecular weight excluding hydrogens is 274 g/mol. The highest BCUT2D eigenvalue weighted by Crippen LogP contribution is 2.49. The molecule has 1 aliphatic rings. The number of rotatable bonds is 3. The van der Waals surface area contributed by atoms with Crippen molar-refractivity contribution in [2.75, 3.05) is 11.1 Å². The molecule has 0 heterocycles. The lowest BCUT2D eigenvalue weighted by atomic mass is 9.95. The summed E-state index contributed by atoms with van der Waals surface area (Å²) in [6, 6.07) is 11.1. The summed E-state index contributed by atoms with van der Waals surface area (Å²) in [4.78, 5) is 12.4. The number of amides is 1. The number of carbonyl (C=O) groups is 1. The number of anilines is 2. The molecule has 0 bridgehead atoms. The van der Waals surface area contributed by atoms with Gasteiger partial charge >= 0.3 is 0 Å². The van der Waals surface area contributed by atoms with Crippen molar-refractivity contribution in [3.8, 4) is 0 Å². The predicted molar refractivity (Wildman–Crippen MR) is 76.8 cm³/mol. The van der Waals surface area contributed by atoms with Crippen LogP contribution in [-0.2, 0) is 10.2 Å². The second kappa shape index (κ2) is 4.84. The van der Waals surface area contributed by atoms with Gasteiger partial charge < -0.3 is 11.1 Å². The first-order valence-corrected chi connectivity index (χ1v) is 6.64. The fraction of sp³-hybridized carbons (Fsp3) is 0.188. The Bertz CT molecular complexity index is 697. The van der Waals surface area contributed by atoms with E-state index in [-0.39, 0.29) is 17.3 Å². The maximum atomic E-state index is 13.7. The van der Waals surface area contributed by atoms with Gasteiger partial charge in [-0.1, -0.05) is 30.3 Å². The summed E-state index contributed by atoms with van der Waals surface area (Å²) in [5.41, 5.74) is 5.40. The Balaban J connectivity index is 1.86. The van der Waals surface area contributed by atoms with E-state index in [0.29, 0.717) is 18.9 Å². The van der Waals surface area contributed by atoms with Gasteiger partial charge in [0.2, 0.25) is 5.91 Å². The average molecular weight is 288 g/mol. The van der Waals surface area contributed by atoms with E-state index in [9.17, 15) is 13.6 Å². The van der Waals surface area contributed by atoms with Crippen molar-refractivity contribution in [2.24, 2.45) is 0 Å². The third-order valence-electron chi connectivity index (χ3n) is 3.85. The second-order valence-electron chi connectivity index (χ2n) is 5.26. The van der Waals surface area contributed by atoms with Crippen LogP contribution in [0.5, 0.6) is 0 Å². The monoisotopic (exact) mass is 288 g/mol. The molecule has 3 N–H and O–H groups in total. The molecule has 3 nitrogen and oxygen atoms in total. The first kappa shape index (κ1) is 13.5. The minimum atomic E-state index is -0.838. The van der Waals surface area contributed by atoms with Crippen LogP contribution in [0.2, 0.25) is 0 Å². The number of benzene rings is 2. The molecule has 0 radical (unpaired) electrons. The van der Waals surface area contributed by atoms with Crippen molar-refractivity contribution in [3.05, 3.63) is 59.7 Å². The molecule has 1 amide bonds. The molecule has 2 aromatic rings. The Kier molecular flexibility index (Phi) is 3.12. The third kappa shape index (κ3) is 2.35. The van der Waals surface area contributed by atoms with Crippen LogP contribution in [0.3, 0.4) is 0 Å². The van der Waals surface area contributed by atoms with Crippen molar-refractivity contribution in [1.29, 1.82) is 0 Å². The minimum Gasteiger partial charge on any atom is -0.396 e. The highest BCUT2D eigenvalue weighted by atomic mass is 19.1. The molecule has 0 atom stereocenters. The van der Waals surface area contributed by atoms with E-state index < -0.39 is 17.0 Å². The molecule has 1 aliphatic carbocycles. The van der Waals surface area contributed by atoms with E-state index >= 15 is 0 Å². The molecule has 0 spiro atoms. The SMILES string of the molecule is Nc1cc(NC(=O)C2(c3ccccc3)CC2)c(F)cc1F. The Morgan fingerprint density at radius 2 is 1.76 bits per heavy atom. The van der Waals surface area contributed by atoms with Crippen molar-refractivity contribution in [1.82, 2.24) is 0 Å². The van der Waals surface area contributed by atoms with E-state index in [4.69, 9.17) is 5.73 Å². The first-order valence-electron chi connectivity index (χ1n) is 6.64. The molecular formula is C16H14F2N2O. The van der Waals surface area contributed by atoms with E-state index in [1.807, 2.05) is 30.3 Å². The van der Waals surface area contributed by atoms with Crippen LogP contribution in [0.25, 0.3) is 0 Å². The third-order valence-corrected chi connectivity index (χ3v) is 3.85. The molecule has 1 fully saturated rings. The van der Waals surface area contributed by atoms with Crippen LogP contribution < -0.4 is 11.1 Å².